The predicted molar refractivity (Wildman–Crippen MR) is 74.5 cm³/mol. The molecule has 1 aliphatic rings. The first-order chi connectivity index (χ1) is 8.91. The van der Waals surface area contributed by atoms with Crippen LogP contribution in [-0.4, -0.2) is 18.5 Å². The summed E-state index contributed by atoms with van der Waals surface area (Å²) in [4.78, 5) is 13.3. The second-order valence-electron chi connectivity index (χ2n) is 5.40. The van der Waals surface area contributed by atoms with Gasteiger partial charge in [0.1, 0.15) is 5.82 Å². The number of hydrogen-bond acceptors (Lipinski definition) is 3. The quantitative estimate of drug-likeness (QED) is 0.822. The lowest BCUT2D eigenvalue weighted by atomic mass is 10.0. The number of nitrogens with zero attached hydrogens (tertiary/aromatic N) is 1. The van der Waals surface area contributed by atoms with E-state index in [-0.39, 0.29) is 11.3 Å². The molecule has 1 heterocycles. The second-order valence-corrected chi connectivity index (χ2v) is 5.40. The lowest BCUT2D eigenvalue weighted by molar-refractivity contribution is 0.100. The molecule has 5 heteroatoms. The molecule has 1 saturated heterocycles. The van der Waals surface area contributed by atoms with Crippen molar-refractivity contribution in [3.63, 3.8) is 0 Å². The summed E-state index contributed by atoms with van der Waals surface area (Å²) in [5, 5.41) is 0. The van der Waals surface area contributed by atoms with E-state index in [9.17, 15) is 9.18 Å². The zero-order chi connectivity index (χ0) is 14.2. The van der Waals surface area contributed by atoms with Gasteiger partial charge in [-0.25, -0.2) is 4.39 Å². The molecule has 19 heavy (non-hydrogen) atoms. The first-order valence-electron chi connectivity index (χ1n) is 6.57. The maximum Gasteiger partial charge on any atom is 0.250 e. The summed E-state index contributed by atoms with van der Waals surface area (Å²) in [7, 11) is 0. The van der Waals surface area contributed by atoms with E-state index in [1.807, 2.05) is 4.90 Å². The Kier molecular flexibility index (Phi) is 3.64. The SMILES string of the molecule is CC(C)C1CCCN1c1cc(C(N)=O)c(N)cc1F. The number of primary amides is 1. The third-order valence-corrected chi connectivity index (χ3v) is 3.76. The summed E-state index contributed by atoms with van der Waals surface area (Å²) in [6, 6.07) is 2.96. The van der Waals surface area contributed by atoms with E-state index in [0.717, 1.165) is 19.4 Å². The molecule has 1 amide bonds. The fourth-order valence-corrected chi connectivity index (χ4v) is 2.80. The number of anilines is 2. The van der Waals surface area contributed by atoms with Gasteiger partial charge in [-0.2, -0.15) is 0 Å². The molecule has 4 nitrogen and oxygen atoms in total. The van der Waals surface area contributed by atoms with Crippen LogP contribution in [0.15, 0.2) is 12.1 Å². The van der Waals surface area contributed by atoms with Gasteiger partial charge in [0.15, 0.2) is 0 Å². The zero-order valence-electron chi connectivity index (χ0n) is 11.3. The molecule has 0 spiro atoms. The molecule has 0 saturated carbocycles. The minimum Gasteiger partial charge on any atom is -0.398 e. The number of hydrogen-bond donors (Lipinski definition) is 2. The molecule has 1 aliphatic heterocycles. The van der Waals surface area contributed by atoms with E-state index in [1.54, 1.807) is 0 Å². The van der Waals surface area contributed by atoms with Gasteiger partial charge < -0.3 is 16.4 Å². The van der Waals surface area contributed by atoms with Crippen molar-refractivity contribution in [3.05, 3.63) is 23.5 Å². The van der Waals surface area contributed by atoms with Crippen LogP contribution < -0.4 is 16.4 Å². The molecule has 1 atom stereocenters. The highest BCUT2D eigenvalue weighted by Crippen LogP contribution is 2.33. The van der Waals surface area contributed by atoms with Crippen LogP contribution in [0.2, 0.25) is 0 Å². The topological polar surface area (TPSA) is 72.3 Å². The van der Waals surface area contributed by atoms with Gasteiger partial charge in [0.2, 0.25) is 0 Å². The number of amides is 1. The normalized spacial score (nSPS) is 19.2. The minimum absolute atomic E-state index is 0.0917. The van der Waals surface area contributed by atoms with Crippen molar-refractivity contribution in [2.24, 2.45) is 11.7 Å². The van der Waals surface area contributed by atoms with Crippen LogP contribution in [0.5, 0.6) is 0 Å². The molecular formula is C14H20FN3O. The first kappa shape index (κ1) is 13.6. The fourth-order valence-electron chi connectivity index (χ4n) is 2.80. The van der Waals surface area contributed by atoms with Gasteiger partial charge in [-0.15, -0.1) is 0 Å². The summed E-state index contributed by atoms with van der Waals surface area (Å²) in [6.45, 7) is 5.03. The summed E-state index contributed by atoms with van der Waals surface area (Å²) in [6.07, 6.45) is 2.06. The molecule has 0 aliphatic carbocycles. The third-order valence-electron chi connectivity index (χ3n) is 3.76. The van der Waals surface area contributed by atoms with Crippen LogP contribution in [0.1, 0.15) is 37.0 Å². The van der Waals surface area contributed by atoms with Gasteiger partial charge in [0, 0.05) is 18.3 Å². The second kappa shape index (κ2) is 5.07. The van der Waals surface area contributed by atoms with Gasteiger partial charge >= 0.3 is 0 Å². The van der Waals surface area contributed by atoms with E-state index in [0.29, 0.717) is 17.6 Å². The molecule has 2 rings (SSSR count). The predicted octanol–water partition coefficient (Wildman–Crippen LogP) is 2.13. The number of rotatable bonds is 3. The Bertz CT molecular complexity index is 502. The number of carbonyl (C=O) groups is 1. The molecule has 1 aromatic rings. The van der Waals surface area contributed by atoms with Crippen molar-refractivity contribution in [2.45, 2.75) is 32.7 Å². The van der Waals surface area contributed by atoms with Gasteiger partial charge in [-0.3, -0.25) is 4.79 Å². The van der Waals surface area contributed by atoms with Crippen molar-refractivity contribution in [3.8, 4) is 0 Å². The largest absolute Gasteiger partial charge is 0.398 e. The van der Waals surface area contributed by atoms with Crippen LogP contribution >= 0.6 is 0 Å². The van der Waals surface area contributed by atoms with Crippen molar-refractivity contribution in [1.29, 1.82) is 0 Å². The van der Waals surface area contributed by atoms with E-state index < -0.39 is 11.7 Å². The van der Waals surface area contributed by atoms with Crippen LogP contribution in [0, 0.1) is 11.7 Å². The average molecular weight is 265 g/mol. The van der Waals surface area contributed by atoms with Crippen molar-refractivity contribution in [1.82, 2.24) is 0 Å². The molecule has 1 unspecified atom stereocenters. The molecule has 104 valence electrons. The number of benzene rings is 1. The molecule has 1 fully saturated rings. The van der Waals surface area contributed by atoms with Crippen LogP contribution in [-0.2, 0) is 0 Å². The average Bonchev–Trinajstić information content (AvgIpc) is 2.77. The lowest BCUT2D eigenvalue weighted by Crippen LogP contribution is -2.34. The van der Waals surface area contributed by atoms with E-state index in [2.05, 4.69) is 13.8 Å². The molecule has 0 aromatic heterocycles. The van der Waals surface area contributed by atoms with Crippen LogP contribution in [0.4, 0.5) is 15.8 Å². The first-order valence-corrected chi connectivity index (χ1v) is 6.57. The standard InChI is InChI=1S/C14H20FN3O/c1-8(2)12-4-3-5-18(12)13-6-9(14(17)19)11(16)7-10(13)15/h6-8,12H,3-5,16H2,1-2H3,(H2,17,19). The Labute approximate surface area is 112 Å². The van der Waals surface area contributed by atoms with Crippen molar-refractivity contribution in [2.75, 3.05) is 17.2 Å². The third kappa shape index (κ3) is 2.50. The van der Waals surface area contributed by atoms with Crippen molar-refractivity contribution < 1.29 is 9.18 Å². The molecule has 4 N–H and O–H groups in total. The Morgan fingerprint density at radius 3 is 2.74 bits per heavy atom. The minimum atomic E-state index is -0.626. The summed E-state index contributed by atoms with van der Waals surface area (Å²) < 4.78 is 14.1. The van der Waals surface area contributed by atoms with Crippen LogP contribution in [0.3, 0.4) is 0 Å². The van der Waals surface area contributed by atoms with Gasteiger partial charge in [-0.05, 0) is 30.9 Å². The van der Waals surface area contributed by atoms with Gasteiger partial charge in [0.25, 0.3) is 5.91 Å². The molecule has 1 aromatic carbocycles. The fraction of sp³-hybridized carbons (Fsp3) is 0.500. The van der Waals surface area contributed by atoms with E-state index >= 15 is 0 Å². The highest BCUT2D eigenvalue weighted by atomic mass is 19.1. The zero-order valence-corrected chi connectivity index (χ0v) is 11.3. The summed E-state index contributed by atoms with van der Waals surface area (Å²) in [5.41, 5.74) is 11.6. The Hall–Kier alpha value is -1.78. The van der Waals surface area contributed by atoms with Crippen LogP contribution in [0.25, 0.3) is 0 Å². The number of nitrogens with two attached hydrogens (primary N) is 2. The Morgan fingerprint density at radius 1 is 1.47 bits per heavy atom. The molecule has 0 bridgehead atoms. The van der Waals surface area contributed by atoms with E-state index in [4.69, 9.17) is 11.5 Å². The smallest absolute Gasteiger partial charge is 0.250 e. The highest BCUT2D eigenvalue weighted by molar-refractivity contribution is 5.99. The van der Waals surface area contributed by atoms with Gasteiger partial charge in [0.05, 0.1) is 11.3 Å². The Morgan fingerprint density at radius 2 is 2.16 bits per heavy atom. The maximum atomic E-state index is 14.1. The lowest BCUT2D eigenvalue weighted by Gasteiger charge is -2.30. The number of halogens is 1. The molecular weight excluding hydrogens is 245 g/mol. The Balaban J connectivity index is 2.44. The monoisotopic (exact) mass is 265 g/mol. The van der Waals surface area contributed by atoms with Crippen molar-refractivity contribution >= 4 is 17.3 Å². The maximum absolute atomic E-state index is 14.1. The molecule has 0 radical (unpaired) electrons. The van der Waals surface area contributed by atoms with E-state index in [1.165, 1.54) is 12.1 Å². The van der Waals surface area contributed by atoms with Gasteiger partial charge in [-0.1, -0.05) is 13.8 Å². The number of nitrogen functional groups attached to an aromatic ring is 1. The summed E-state index contributed by atoms with van der Waals surface area (Å²) >= 11 is 0. The number of carbonyl (C=O) groups excluding carboxylic acids is 1. The summed E-state index contributed by atoms with van der Waals surface area (Å²) in [5.74, 6) is -0.592. The highest BCUT2D eigenvalue weighted by Gasteiger charge is 2.29.